The van der Waals surface area contributed by atoms with Crippen LogP contribution >= 0.6 is 0 Å². The average molecular weight is 324 g/mol. The van der Waals surface area contributed by atoms with Gasteiger partial charge in [0.15, 0.2) is 0 Å². The maximum absolute atomic E-state index is 6.14. The van der Waals surface area contributed by atoms with E-state index in [4.69, 9.17) is 23.4 Å². The standard InChI is InChI=1S/C18H28O5/c1-17(2,11-19-7-13-9-21-13)15-5-6-16(23-15)18(3,4)12-20-8-14-10-22-14/h5-6,13-14H,7-12H2,1-4H3. The molecule has 0 radical (unpaired) electrons. The van der Waals surface area contributed by atoms with Crippen LogP contribution in [0.4, 0.5) is 0 Å². The molecule has 3 rings (SSSR count). The van der Waals surface area contributed by atoms with Gasteiger partial charge in [0.2, 0.25) is 0 Å². The maximum Gasteiger partial charge on any atom is 0.112 e. The van der Waals surface area contributed by atoms with Gasteiger partial charge in [-0.05, 0) is 12.1 Å². The number of rotatable bonds is 10. The van der Waals surface area contributed by atoms with Gasteiger partial charge in [0, 0.05) is 10.8 Å². The molecule has 2 aliphatic rings. The number of epoxide rings is 2. The van der Waals surface area contributed by atoms with Gasteiger partial charge in [0.1, 0.15) is 23.7 Å². The predicted octanol–water partition coefficient (Wildman–Crippen LogP) is 2.67. The molecule has 1 aromatic heterocycles. The van der Waals surface area contributed by atoms with Crippen molar-refractivity contribution in [2.45, 2.75) is 50.7 Å². The zero-order valence-corrected chi connectivity index (χ0v) is 14.6. The van der Waals surface area contributed by atoms with Gasteiger partial charge in [-0.3, -0.25) is 0 Å². The SMILES string of the molecule is CC(C)(COCC1CO1)c1ccc(C(C)(C)COCC2CO2)o1. The van der Waals surface area contributed by atoms with Crippen LogP contribution in [-0.4, -0.2) is 51.8 Å². The van der Waals surface area contributed by atoms with Gasteiger partial charge in [0.25, 0.3) is 0 Å². The van der Waals surface area contributed by atoms with Crippen LogP contribution in [0, 0.1) is 0 Å². The van der Waals surface area contributed by atoms with Crippen molar-refractivity contribution in [3.63, 3.8) is 0 Å². The van der Waals surface area contributed by atoms with Crippen LogP contribution in [0.15, 0.2) is 16.5 Å². The van der Waals surface area contributed by atoms with E-state index in [2.05, 4.69) is 39.8 Å². The fourth-order valence-corrected chi connectivity index (χ4v) is 2.43. The van der Waals surface area contributed by atoms with Crippen molar-refractivity contribution in [2.75, 3.05) is 39.6 Å². The highest BCUT2D eigenvalue weighted by atomic mass is 16.6. The molecule has 5 heteroatoms. The van der Waals surface area contributed by atoms with E-state index in [1.54, 1.807) is 0 Å². The first kappa shape index (κ1) is 17.0. The fourth-order valence-electron chi connectivity index (χ4n) is 2.43. The minimum Gasteiger partial charge on any atom is -0.465 e. The van der Waals surface area contributed by atoms with E-state index < -0.39 is 0 Å². The summed E-state index contributed by atoms with van der Waals surface area (Å²) in [4.78, 5) is 0. The van der Waals surface area contributed by atoms with E-state index >= 15 is 0 Å². The minimum absolute atomic E-state index is 0.161. The summed E-state index contributed by atoms with van der Waals surface area (Å²) in [5.74, 6) is 1.89. The lowest BCUT2D eigenvalue weighted by atomic mass is 9.91. The number of furan rings is 1. The molecule has 2 unspecified atom stereocenters. The van der Waals surface area contributed by atoms with E-state index in [1.165, 1.54) is 0 Å². The molecule has 0 spiro atoms. The largest absolute Gasteiger partial charge is 0.465 e. The summed E-state index contributed by atoms with van der Waals surface area (Å²) < 4.78 is 28.0. The van der Waals surface area contributed by atoms with Gasteiger partial charge >= 0.3 is 0 Å². The Hall–Kier alpha value is -0.880. The van der Waals surface area contributed by atoms with E-state index in [0.717, 1.165) is 24.7 Å². The average Bonchev–Trinajstić information content (AvgIpc) is 3.39. The van der Waals surface area contributed by atoms with Crippen molar-refractivity contribution in [3.8, 4) is 0 Å². The molecule has 2 saturated heterocycles. The van der Waals surface area contributed by atoms with Crippen molar-refractivity contribution >= 4 is 0 Å². The molecule has 2 atom stereocenters. The molecule has 0 N–H and O–H groups in total. The van der Waals surface area contributed by atoms with Crippen LogP contribution in [0.3, 0.4) is 0 Å². The number of hydrogen-bond donors (Lipinski definition) is 0. The van der Waals surface area contributed by atoms with Crippen LogP contribution in [0.1, 0.15) is 39.2 Å². The zero-order valence-electron chi connectivity index (χ0n) is 14.6. The van der Waals surface area contributed by atoms with Crippen LogP contribution in [0.2, 0.25) is 0 Å². The Bertz CT molecular complexity index is 467. The Kier molecular flexibility index (Phi) is 4.83. The lowest BCUT2D eigenvalue weighted by Crippen LogP contribution is -2.26. The maximum atomic E-state index is 6.14. The summed E-state index contributed by atoms with van der Waals surface area (Å²) in [6.45, 7) is 12.8. The minimum atomic E-state index is -0.161. The van der Waals surface area contributed by atoms with Gasteiger partial charge in [-0.1, -0.05) is 27.7 Å². The van der Waals surface area contributed by atoms with Crippen molar-refractivity contribution in [1.82, 2.24) is 0 Å². The molecule has 2 fully saturated rings. The summed E-state index contributed by atoms with van der Waals surface area (Å²) in [7, 11) is 0. The van der Waals surface area contributed by atoms with Crippen molar-refractivity contribution in [2.24, 2.45) is 0 Å². The summed E-state index contributed by atoms with van der Waals surface area (Å²) in [6, 6.07) is 4.11. The van der Waals surface area contributed by atoms with Gasteiger partial charge in [-0.2, -0.15) is 0 Å². The van der Waals surface area contributed by atoms with Gasteiger partial charge < -0.3 is 23.4 Å². The monoisotopic (exact) mass is 324 g/mol. The third-order valence-electron chi connectivity index (χ3n) is 4.28. The first-order valence-electron chi connectivity index (χ1n) is 8.36. The Morgan fingerprint density at radius 1 is 0.870 bits per heavy atom. The molecule has 23 heavy (non-hydrogen) atoms. The highest BCUT2D eigenvalue weighted by Crippen LogP contribution is 2.32. The Morgan fingerprint density at radius 3 is 1.61 bits per heavy atom. The summed E-state index contributed by atoms with van der Waals surface area (Å²) in [6.07, 6.45) is 0.592. The Balaban J connectivity index is 1.53. The first-order valence-corrected chi connectivity index (χ1v) is 8.36. The lowest BCUT2D eigenvalue weighted by molar-refractivity contribution is 0.0657. The van der Waals surface area contributed by atoms with E-state index in [0.29, 0.717) is 38.6 Å². The summed E-state index contributed by atoms with van der Waals surface area (Å²) in [5.41, 5.74) is -0.322. The molecule has 0 saturated carbocycles. The van der Waals surface area contributed by atoms with Crippen molar-refractivity contribution < 1.29 is 23.4 Å². The Morgan fingerprint density at radius 2 is 1.26 bits per heavy atom. The molecule has 5 nitrogen and oxygen atoms in total. The van der Waals surface area contributed by atoms with Crippen molar-refractivity contribution in [1.29, 1.82) is 0 Å². The summed E-state index contributed by atoms with van der Waals surface area (Å²) >= 11 is 0. The Labute approximate surface area is 138 Å². The molecular weight excluding hydrogens is 296 g/mol. The highest BCUT2D eigenvalue weighted by molar-refractivity contribution is 5.20. The molecule has 0 amide bonds. The molecule has 0 bridgehead atoms. The second kappa shape index (κ2) is 6.55. The predicted molar refractivity (Wildman–Crippen MR) is 85.9 cm³/mol. The third-order valence-corrected chi connectivity index (χ3v) is 4.28. The quantitative estimate of drug-likeness (QED) is 0.619. The fraction of sp³-hybridized carbons (Fsp3) is 0.778. The van der Waals surface area contributed by atoms with Crippen LogP contribution in [0.25, 0.3) is 0 Å². The van der Waals surface area contributed by atoms with Gasteiger partial charge in [-0.25, -0.2) is 0 Å². The van der Waals surface area contributed by atoms with Crippen LogP contribution in [-0.2, 0) is 29.8 Å². The van der Waals surface area contributed by atoms with Gasteiger partial charge in [-0.15, -0.1) is 0 Å². The van der Waals surface area contributed by atoms with E-state index in [9.17, 15) is 0 Å². The molecule has 2 aliphatic heterocycles. The lowest BCUT2D eigenvalue weighted by Gasteiger charge is -2.24. The molecule has 0 aromatic carbocycles. The first-order chi connectivity index (χ1) is 10.9. The normalized spacial score (nSPS) is 24.0. The molecule has 1 aromatic rings. The third kappa shape index (κ3) is 4.80. The smallest absolute Gasteiger partial charge is 0.112 e. The molecule has 3 heterocycles. The second-order valence-corrected chi connectivity index (χ2v) is 7.87. The van der Waals surface area contributed by atoms with E-state index in [1.807, 2.05) is 0 Å². The molecular formula is C18H28O5. The zero-order chi connectivity index (χ0) is 16.5. The topological polar surface area (TPSA) is 56.7 Å². The number of ether oxygens (including phenoxy) is 4. The van der Waals surface area contributed by atoms with Crippen LogP contribution < -0.4 is 0 Å². The second-order valence-electron chi connectivity index (χ2n) is 7.87. The van der Waals surface area contributed by atoms with Crippen molar-refractivity contribution in [3.05, 3.63) is 23.7 Å². The highest BCUT2D eigenvalue weighted by Gasteiger charge is 2.32. The molecule has 0 aliphatic carbocycles. The number of hydrogen-bond acceptors (Lipinski definition) is 5. The molecule has 130 valence electrons. The summed E-state index contributed by atoms with van der Waals surface area (Å²) in [5, 5.41) is 0. The van der Waals surface area contributed by atoms with Crippen LogP contribution in [0.5, 0.6) is 0 Å². The van der Waals surface area contributed by atoms with Gasteiger partial charge in [0.05, 0.1) is 39.6 Å². The van der Waals surface area contributed by atoms with E-state index in [-0.39, 0.29) is 10.8 Å².